The van der Waals surface area contributed by atoms with Crippen LogP contribution in [-0.4, -0.2) is 19.6 Å². The van der Waals surface area contributed by atoms with Crippen LogP contribution in [0.2, 0.25) is 0 Å². The van der Waals surface area contributed by atoms with Crippen molar-refractivity contribution in [2.24, 2.45) is 14.1 Å². The molecular weight excluding hydrogens is 299 g/mol. The van der Waals surface area contributed by atoms with Crippen molar-refractivity contribution in [1.29, 1.82) is 0 Å². The van der Waals surface area contributed by atoms with Crippen LogP contribution in [0.5, 0.6) is 0 Å². The van der Waals surface area contributed by atoms with E-state index in [2.05, 4.69) is 26.1 Å². The molecule has 3 aromatic rings. The third-order valence-corrected chi connectivity index (χ3v) is 3.50. The summed E-state index contributed by atoms with van der Waals surface area (Å²) in [5.74, 6) is -0.292. The van der Waals surface area contributed by atoms with E-state index in [1.54, 1.807) is 28.7 Å². The molecule has 0 amide bonds. The minimum atomic E-state index is -0.292. The Balaban J connectivity index is 2.39. The normalized spacial score (nSPS) is 11.3. The predicted octanol–water partition coefficient (Wildman–Crippen LogP) is 2.88. The quantitative estimate of drug-likeness (QED) is 0.693. The first kappa shape index (κ1) is 11.4. The molecule has 0 radical (unpaired) electrons. The van der Waals surface area contributed by atoms with E-state index in [4.69, 9.17) is 0 Å². The highest BCUT2D eigenvalue weighted by molar-refractivity contribution is 9.10. The fraction of sp³-hybridized carbons (Fsp3) is 0.167. The standard InChI is InChI=1S/C12H10BrFN4/c1-17-6-7(5-15-17)12-10-9(18(2)16-12)4-3-8(13)11(10)14/h3-6H,1-2H3. The predicted molar refractivity (Wildman–Crippen MR) is 70.6 cm³/mol. The van der Waals surface area contributed by atoms with Gasteiger partial charge in [0.2, 0.25) is 0 Å². The van der Waals surface area contributed by atoms with Gasteiger partial charge in [-0.1, -0.05) is 0 Å². The minimum Gasteiger partial charge on any atom is -0.275 e. The van der Waals surface area contributed by atoms with E-state index in [0.717, 1.165) is 11.1 Å². The second-order valence-corrected chi connectivity index (χ2v) is 4.98. The zero-order valence-electron chi connectivity index (χ0n) is 9.85. The average Bonchev–Trinajstić information content (AvgIpc) is 2.89. The molecule has 0 N–H and O–H groups in total. The number of aryl methyl sites for hydroxylation is 2. The second kappa shape index (κ2) is 3.91. The molecule has 0 fully saturated rings. The third-order valence-electron chi connectivity index (χ3n) is 2.89. The van der Waals surface area contributed by atoms with Crippen molar-refractivity contribution in [3.8, 4) is 11.3 Å². The van der Waals surface area contributed by atoms with Crippen LogP contribution in [0.4, 0.5) is 4.39 Å². The molecule has 0 saturated heterocycles. The van der Waals surface area contributed by atoms with E-state index < -0.39 is 0 Å². The molecule has 0 aliphatic rings. The molecule has 18 heavy (non-hydrogen) atoms. The summed E-state index contributed by atoms with van der Waals surface area (Å²) in [7, 11) is 3.62. The Labute approximate surface area is 111 Å². The fourth-order valence-corrected chi connectivity index (χ4v) is 2.37. The molecule has 4 nitrogen and oxygen atoms in total. The summed E-state index contributed by atoms with van der Waals surface area (Å²) in [5.41, 5.74) is 2.18. The summed E-state index contributed by atoms with van der Waals surface area (Å²) < 4.78 is 18.0. The summed E-state index contributed by atoms with van der Waals surface area (Å²) in [6.45, 7) is 0. The number of fused-ring (bicyclic) bond motifs is 1. The van der Waals surface area contributed by atoms with Crippen molar-refractivity contribution in [2.75, 3.05) is 0 Å². The van der Waals surface area contributed by atoms with Crippen molar-refractivity contribution >= 4 is 26.8 Å². The van der Waals surface area contributed by atoms with Gasteiger partial charge in [0.25, 0.3) is 0 Å². The van der Waals surface area contributed by atoms with Gasteiger partial charge in [0, 0.05) is 25.9 Å². The Hall–Kier alpha value is -1.69. The number of hydrogen-bond acceptors (Lipinski definition) is 2. The Morgan fingerprint density at radius 3 is 2.72 bits per heavy atom. The molecule has 0 aliphatic heterocycles. The highest BCUT2D eigenvalue weighted by Gasteiger charge is 2.17. The zero-order valence-corrected chi connectivity index (χ0v) is 11.4. The Morgan fingerprint density at radius 2 is 2.06 bits per heavy atom. The Morgan fingerprint density at radius 1 is 1.28 bits per heavy atom. The summed E-state index contributed by atoms with van der Waals surface area (Å²) in [5, 5.41) is 8.99. The van der Waals surface area contributed by atoms with Crippen molar-refractivity contribution in [3.05, 3.63) is 34.8 Å². The summed E-state index contributed by atoms with van der Waals surface area (Å²) in [6, 6.07) is 3.53. The van der Waals surface area contributed by atoms with Gasteiger partial charge in [-0.2, -0.15) is 10.2 Å². The summed E-state index contributed by atoms with van der Waals surface area (Å²) in [4.78, 5) is 0. The van der Waals surface area contributed by atoms with Crippen LogP contribution < -0.4 is 0 Å². The number of halogens is 2. The maximum atomic E-state index is 14.2. The van der Waals surface area contributed by atoms with Gasteiger partial charge in [0.1, 0.15) is 11.5 Å². The lowest BCUT2D eigenvalue weighted by Crippen LogP contribution is -1.89. The topological polar surface area (TPSA) is 35.6 Å². The van der Waals surface area contributed by atoms with Crippen molar-refractivity contribution in [3.63, 3.8) is 0 Å². The molecule has 0 unspecified atom stereocenters. The highest BCUT2D eigenvalue weighted by Crippen LogP contribution is 2.32. The van der Waals surface area contributed by atoms with Crippen LogP contribution >= 0.6 is 15.9 Å². The van der Waals surface area contributed by atoms with E-state index in [-0.39, 0.29) is 5.82 Å². The molecular formula is C12H10BrFN4. The minimum absolute atomic E-state index is 0.292. The van der Waals surface area contributed by atoms with Crippen LogP contribution in [0, 0.1) is 5.82 Å². The van der Waals surface area contributed by atoms with Crippen LogP contribution in [0.15, 0.2) is 29.0 Å². The van der Waals surface area contributed by atoms with Crippen LogP contribution in [0.1, 0.15) is 0 Å². The van der Waals surface area contributed by atoms with E-state index in [9.17, 15) is 4.39 Å². The van der Waals surface area contributed by atoms with Gasteiger partial charge in [-0.3, -0.25) is 9.36 Å². The zero-order chi connectivity index (χ0) is 12.9. The van der Waals surface area contributed by atoms with E-state index in [1.807, 2.05) is 19.3 Å². The largest absolute Gasteiger partial charge is 0.275 e. The average molecular weight is 309 g/mol. The number of hydrogen-bond donors (Lipinski definition) is 0. The van der Waals surface area contributed by atoms with E-state index in [1.165, 1.54) is 0 Å². The van der Waals surface area contributed by atoms with Crippen molar-refractivity contribution < 1.29 is 4.39 Å². The van der Waals surface area contributed by atoms with Gasteiger partial charge in [-0.05, 0) is 28.1 Å². The van der Waals surface area contributed by atoms with Gasteiger partial charge in [-0.15, -0.1) is 0 Å². The van der Waals surface area contributed by atoms with Crippen LogP contribution in [-0.2, 0) is 14.1 Å². The lowest BCUT2D eigenvalue weighted by Gasteiger charge is -1.98. The highest BCUT2D eigenvalue weighted by atomic mass is 79.9. The maximum absolute atomic E-state index is 14.2. The lowest BCUT2D eigenvalue weighted by molar-refractivity contribution is 0.633. The Bertz CT molecular complexity index is 744. The number of nitrogens with zero attached hydrogens (tertiary/aromatic N) is 4. The number of aromatic nitrogens is 4. The molecule has 1 aromatic carbocycles. The number of rotatable bonds is 1. The van der Waals surface area contributed by atoms with Crippen LogP contribution in [0.3, 0.4) is 0 Å². The Kier molecular flexibility index (Phi) is 2.48. The fourth-order valence-electron chi connectivity index (χ4n) is 2.03. The van der Waals surface area contributed by atoms with Crippen molar-refractivity contribution in [1.82, 2.24) is 19.6 Å². The SMILES string of the molecule is Cn1cc(-c2nn(C)c3ccc(Br)c(F)c23)cn1. The molecule has 92 valence electrons. The monoisotopic (exact) mass is 308 g/mol. The smallest absolute Gasteiger partial charge is 0.149 e. The molecule has 2 heterocycles. The van der Waals surface area contributed by atoms with Crippen molar-refractivity contribution in [2.45, 2.75) is 0 Å². The number of benzene rings is 1. The van der Waals surface area contributed by atoms with E-state index in [0.29, 0.717) is 15.6 Å². The van der Waals surface area contributed by atoms with Gasteiger partial charge in [0.15, 0.2) is 0 Å². The lowest BCUT2D eigenvalue weighted by atomic mass is 10.1. The van der Waals surface area contributed by atoms with Gasteiger partial charge < -0.3 is 0 Å². The van der Waals surface area contributed by atoms with Gasteiger partial charge >= 0.3 is 0 Å². The molecule has 6 heteroatoms. The molecule has 0 aliphatic carbocycles. The molecule has 0 saturated carbocycles. The molecule has 2 aromatic heterocycles. The molecule has 0 bridgehead atoms. The van der Waals surface area contributed by atoms with Gasteiger partial charge in [-0.25, -0.2) is 4.39 Å². The van der Waals surface area contributed by atoms with Gasteiger partial charge in [0.05, 0.1) is 21.6 Å². The van der Waals surface area contributed by atoms with E-state index >= 15 is 0 Å². The first-order valence-corrected chi connectivity index (χ1v) is 6.17. The van der Waals surface area contributed by atoms with Crippen LogP contribution in [0.25, 0.3) is 22.2 Å². The summed E-state index contributed by atoms with van der Waals surface area (Å²) in [6.07, 6.45) is 3.50. The molecule has 0 atom stereocenters. The molecule has 3 rings (SSSR count). The second-order valence-electron chi connectivity index (χ2n) is 4.13. The molecule has 0 spiro atoms. The third kappa shape index (κ3) is 1.56. The first-order valence-electron chi connectivity index (χ1n) is 5.37. The first-order chi connectivity index (χ1) is 8.58. The maximum Gasteiger partial charge on any atom is 0.149 e. The summed E-state index contributed by atoms with van der Waals surface area (Å²) >= 11 is 3.20.